The lowest BCUT2D eigenvalue weighted by Crippen LogP contribution is -1.93. The number of rotatable bonds is 6. The van der Waals surface area contributed by atoms with Gasteiger partial charge in [-0.15, -0.1) is 33.7 Å². The van der Waals surface area contributed by atoms with Crippen LogP contribution in [0.15, 0.2) is 16.4 Å². The van der Waals surface area contributed by atoms with Gasteiger partial charge in [0.25, 0.3) is 0 Å². The van der Waals surface area contributed by atoms with Crippen molar-refractivity contribution in [2.45, 2.75) is 36.7 Å². The molecule has 0 saturated carbocycles. The number of aromatic amines is 1. The maximum Gasteiger partial charge on any atom is 0.147 e. The summed E-state index contributed by atoms with van der Waals surface area (Å²) in [4.78, 5) is 7.51. The van der Waals surface area contributed by atoms with E-state index in [1.807, 2.05) is 0 Å². The Morgan fingerprint density at radius 3 is 2.41 bits per heavy atom. The van der Waals surface area contributed by atoms with Crippen molar-refractivity contribution in [1.29, 1.82) is 0 Å². The molecule has 2 rings (SSSR count). The Morgan fingerprint density at radius 1 is 1.06 bits per heavy atom. The molecule has 0 aliphatic carbocycles. The smallest absolute Gasteiger partial charge is 0.147 e. The molecule has 0 aliphatic rings. The molecule has 0 unspecified atom stereocenters. The molecule has 0 fully saturated rings. The Hall–Kier alpha value is -0.750. The Morgan fingerprint density at radius 2 is 1.71 bits per heavy atom. The molecule has 0 amide bonds. The number of imidazole rings is 1. The molecule has 0 aromatic carbocycles. The molecule has 6 heteroatoms. The summed E-state index contributed by atoms with van der Waals surface area (Å²) in [6.45, 7) is 4.32. The lowest BCUT2D eigenvalue weighted by Gasteiger charge is -2.03. The van der Waals surface area contributed by atoms with Gasteiger partial charge >= 0.3 is 0 Å². The fourth-order valence-electron chi connectivity index (χ4n) is 1.40. The summed E-state index contributed by atoms with van der Waals surface area (Å²) >= 11 is 3.45. The van der Waals surface area contributed by atoms with Crippen LogP contribution in [-0.4, -0.2) is 31.7 Å². The summed E-state index contributed by atoms with van der Waals surface area (Å²) in [5, 5.41) is 10.5. The van der Waals surface area contributed by atoms with Crippen LogP contribution in [0, 0.1) is 0 Å². The van der Waals surface area contributed by atoms with Crippen LogP contribution in [0.25, 0.3) is 11.0 Å². The number of aromatic nitrogens is 4. The van der Waals surface area contributed by atoms with Crippen LogP contribution in [0.5, 0.6) is 0 Å². The molecule has 0 spiro atoms. The zero-order chi connectivity index (χ0) is 12.1. The average molecular weight is 268 g/mol. The van der Waals surface area contributed by atoms with Gasteiger partial charge in [0.1, 0.15) is 21.1 Å². The standard InChI is InChI=1S/C11H16N4S2/c1-3-5-16-10-8-9(13-7-12-8)11(15-14-10)17-6-4-2/h7H,3-6H2,1-2H3,(H,12,13). The molecule has 0 saturated heterocycles. The summed E-state index contributed by atoms with van der Waals surface area (Å²) in [6.07, 6.45) is 3.99. The predicted octanol–water partition coefficient (Wildman–Crippen LogP) is 3.36. The van der Waals surface area contributed by atoms with Crippen molar-refractivity contribution < 1.29 is 0 Å². The van der Waals surface area contributed by atoms with Crippen molar-refractivity contribution >= 4 is 34.6 Å². The van der Waals surface area contributed by atoms with E-state index in [1.165, 1.54) is 0 Å². The Labute approximate surface area is 109 Å². The lowest BCUT2D eigenvalue weighted by molar-refractivity contribution is 0.877. The summed E-state index contributed by atoms with van der Waals surface area (Å²) in [5.41, 5.74) is 1.98. The van der Waals surface area contributed by atoms with Crippen LogP contribution in [0.2, 0.25) is 0 Å². The molecule has 92 valence electrons. The first kappa shape index (κ1) is 12.7. The van der Waals surface area contributed by atoms with Gasteiger partial charge in [0.2, 0.25) is 0 Å². The number of nitrogens with one attached hydrogen (secondary N) is 1. The van der Waals surface area contributed by atoms with Gasteiger partial charge in [-0.25, -0.2) is 4.98 Å². The van der Waals surface area contributed by atoms with E-state index in [2.05, 4.69) is 34.0 Å². The van der Waals surface area contributed by atoms with E-state index in [1.54, 1.807) is 29.9 Å². The predicted molar refractivity (Wildman–Crippen MR) is 73.7 cm³/mol. The van der Waals surface area contributed by atoms with E-state index in [0.717, 1.165) is 45.4 Å². The monoisotopic (exact) mass is 268 g/mol. The SMILES string of the molecule is CCCSc1nnc(SCCC)c2[nH]cnc12. The lowest BCUT2D eigenvalue weighted by atomic mass is 10.5. The summed E-state index contributed by atoms with van der Waals surface area (Å²) in [7, 11) is 0. The topological polar surface area (TPSA) is 54.5 Å². The van der Waals surface area contributed by atoms with Gasteiger partial charge in [0, 0.05) is 0 Å². The highest BCUT2D eigenvalue weighted by Crippen LogP contribution is 2.29. The third kappa shape index (κ3) is 2.93. The Bertz CT molecular complexity index is 441. The molecule has 0 atom stereocenters. The normalized spacial score (nSPS) is 11.2. The molecule has 2 aromatic rings. The van der Waals surface area contributed by atoms with Gasteiger partial charge in [-0.1, -0.05) is 13.8 Å². The van der Waals surface area contributed by atoms with Gasteiger partial charge in [-0.2, -0.15) is 0 Å². The highest BCUT2D eigenvalue weighted by atomic mass is 32.2. The van der Waals surface area contributed by atoms with Crippen LogP contribution < -0.4 is 0 Å². The quantitative estimate of drug-likeness (QED) is 0.814. The number of H-pyrrole nitrogens is 1. The minimum Gasteiger partial charge on any atom is -0.342 e. The molecule has 17 heavy (non-hydrogen) atoms. The Balaban J connectivity index is 2.30. The second-order valence-electron chi connectivity index (χ2n) is 3.63. The second kappa shape index (κ2) is 6.26. The van der Waals surface area contributed by atoms with E-state index >= 15 is 0 Å². The van der Waals surface area contributed by atoms with E-state index in [4.69, 9.17) is 0 Å². The first-order valence-corrected chi connectivity index (χ1v) is 7.79. The molecule has 0 bridgehead atoms. The van der Waals surface area contributed by atoms with Gasteiger partial charge in [-0.05, 0) is 24.3 Å². The maximum absolute atomic E-state index is 4.35. The number of fused-ring (bicyclic) bond motifs is 1. The molecule has 4 nitrogen and oxygen atoms in total. The zero-order valence-corrected chi connectivity index (χ0v) is 11.7. The minimum atomic E-state index is 0.934. The summed E-state index contributed by atoms with van der Waals surface area (Å²) < 4.78 is 0. The van der Waals surface area contributed by atoms with Crippen molar-refractivity contribution in [3.05, 3.63) is 6.33 Å². The van der Waals surface area contributed by atoms with Crippen molar-refractivity contribution in [2.24, 2.45) is 0 Å². The number of hydrogen-bond acceptors (Lipinski definition) is 5. The average Bonchev–Trinajstić information content (AvgIpc) is 2.83. The van der Waals surface area contributed by atoms with Crippen molar-refractivity contribution in [3.8, 4) is 0 Å². The molecule has 0 radical (unpaired) electrons. The fraction of sp³-hybridized carbons (Fsp3) is 0.545. The fourth-order valence-corrected chi connectivity index (χ4v) is 2.99. The third-order valence-corrected chi connectivity index (χ3v) is 4.51. The third-order valence-electron chi connectivity index (χ3n) is 2.17. The molecular weight excluding hydrogens is 252 g/mol. The number of nitrogens with zero attached hydrogens (tertiary/aromatic N) is 3. The van der Waals surface area contributed by atoms with E-state index in [9.17, 15) is 0 Å². The van der Waals surface area contributed by atoms with Crippen molar-refractivity contribution in [3.63, 3.8) is 0 Å². The Kier molecular flexibility index (Phi) is 4.67. The molecular formula is C11H16N4S2. The first-order chi connectivity index (χ1) is 8.36. The van der Waals surface area contributed by atoms with Crippen LogP contribution in [0.3, 0.4) is 0 Å². The maximum atomic E-state index is 4.35. The van der Waals surface area contributed by atoms with Crippen LogP contribution in [-0.2, 0) is 0 Å². The minimum absolute atomic E-state index is 0.934. The van der Waals surface area contributed by atoms with E-state index in [0.29, 0.717) is 0 Å². The van der Waals surface area contributed by atoms with Crippen LogP contribution >= 0.6 is 23.5 Å². The van der Waals surface area contributed by atoms with Gasteiger partial charge in [-0.3, -0.25) is 0 Å². The van der Waals surface area contributed by atoms with Gasteiger partial charge in [0.15, 0.2) is 0 Å². The van der Waals surface area contributed by atoms with Crippen LogP contribution in [0.1, 0.15) is 26.7 Å². The molecule has 2 heterocycles. The molecule has 1 N–H and O–H groups in total. The van der Waals surface area contributed by atoms with Crippen LogP contribution in [0.4, 0.5) is 0 Å². The van der Waals surface area contributed by atoms with Gasteiger partial charge < -0.3 is 4.98 Å². The molecule has 2 aromatic heterocycles. The zero-order valence-electron chi connectivity index (χ0n) is 10.1. The van der Waals surface area contributed by atoms with E-state index < -0.39 is 0 Å². The van der Waals surface area contributed by atoms with Gasteiger partial charge in [0.05, 0.1) is 6.33 Å². The highest BCUT2D eigenvalue weighted by molar-refractivity contribution is 7.99. The van der Waals surface area contributed by atoms with E-state index in [-0.39, 0.29) is 0 Å². The number of hydrogen-bond donors (Lipinski definition) is 1. The number of thioether (sulfide) groups is 2. The molecule has 0 aliphatic heterocycles. The summed E-state index contributed by atoms with van der Waals surface area (Å²) in [6, 6.07) is 0. The largest absolute Gasteiger partial charge is 0.342 e. The highest BCUT2D eigenvalue weighted by Gasteiger charge is 2.11. The van der Waals surface area contributed by atoms with Crippen molar-refractivity contribution in [2.75, 3.05) is 11.5 Å². The first-order valence-electron chi connectivity index (χ1n) is 5.82. The van der Waals surface area contributed by atoms with Crippen molar-refractivity contribution in [1.82, 2.24) is 20.2 Å². The second-order valence-corrected chi connectivity index (χ2v) is 5.80. The summed E-state index contributed by atoms with van der Waals surface area (Å²) in [5.74, 6) is 2.11.